The van der Waals surface area contributed by atoms with E-state index in [4.69, 9.17) is 5.73 Å². The number of nitrogens with one attached hydrogen (secondary N) is 1. The lowest BCUT2D eigenvalue weighted by Crippen LogP contribution is -2.36. The number of aromatic amines is 1. The number of carbonyl (C=O) groups is 1. The second-order valence-corrected chi connectivity index (χ2v) is 5.97. The first-order chi connectivity index (χ1) is 11.3. The molecule has 128 valence electrons. The minimum absolute atomic E-state index is 0.0710. The van der Waals surface area contributed by atoms with E-state index in [1.807, 2.05) is 11.9 Å². The van der Waals surface area contributed by atoms with Crippen LogP contribution in [-0.4, -0.2) is 21.1 Å². The maximum absolute atomic E-state index is 13.6. The first kappa shape index (κ1) is 17.9. The molecule has 9 heteroatoms. The Labute approximate surface area is 139 Å². The number of H-pyrrole nitrogens is 1. The van der Waals surface area contributed by atoms with E-state index < -0.39 is 28.7 Å². The summed E-state index contributed by atoms with van der Waals surface area (Å²) in [5, 5.41) is 0. The monoisotopic (exact) mass is 355 g/mol. The van der Waals surface area contributed by atoms with Gasteiger partial charge in [-0.2, -0.15) is 0 Å². The largest absolute Gasteiger partial charge is 0.384 e. The van der Waals surface area contributed by atoms with Crippen molar-refractivity contribution in [2.75, 3.05) is 11.5 Å². The molecule has 0 aliphatic heterocycles. The molecule has 0 amide bonds. The molecule has 1 aromatic heterocycles. The standard InChI is InChI=1S/C15H15F2N3O3S/c1-2-5-20-13(18)12(14(22)19-15(20)23)10(21)7-24-11-4-3-8(16)6-9(11)17/h3-4,6H,2,5,7,18H2,1H3,(H,19,22,23). The molecule has 0 bridgehead atoms. The fraction of sp³-hybridized carbons (Fsp3) is 0.267. The lowest BCUT2D eigenvalue weighted by molar-refractivity contribution is 0.102. The second kappa shape index (κ2) is 7.43. The normalized spacial score (nSPS) is 10.8. The Morgan fingerprint density at radius 3 is 2.67 bits per heavy atom. The predicted molar refractivity (Wildman–Crippen MR) is 87.4 cm³/mol. The number of ketones is 1. The lowest BCUT2D eigenvalue weighted by Gasteiger charge is -2.11. The van der Waals surface area contributed by atoms with Gasteiger partial charge < -0.3 is 5.73 Å². The molecule has 0 unspecified atom stereocenters. The highest BCUT2D eigenvalue weighted by atomic mass is 32.2. The molecule has 0 spiro atoms. The average molecular weight is 355 g/mol. The molecule has 1 aromatic carbocycles. The third kappa shape index (κ3) is 3.73. The van der Waals surface area contributed by atoms with Gasteiger partial charge in [-0.05, 0) is 18.6 Å². The van der Waals surface area contributed by atoms with Crippen LogP contribution in [0.25, 0.3) is 0 Å². The van der Waals surface area contributed by atoms with Crippen molar-refractivity contribution in [1.82, 2.24) is 9.55 Å². The van der Waals surface area contributed by atoms with Gasteiger partial charge in [0.05, 0.1) is 5.75 Å². The molecule has 0 saturated carbocycles. The number of nitrogen functional groups attached to an aromatic ring is 1. The summed E-state index contributed by atoms with van der Waals surface area (Å²) in [6.45, 7) is 2.06. The Hall–Kier alpha value is -2.42. The van der Waals surface area contributed by atoms with Gasteiger partial charge in [-0.25, -0.2) is 13.6 Å². The zero-order valence-corrected chi connectivity index (χ0v) is 13.6. The zero-order chi connectivity index (χ0) is 17.9. The minimum atomic E-state index is -0.880. The number of nitrogens with two attached hydrogens (primary N) is 1. The van der Waals surface area contributed by atoms with Crippen LogP contribution < -0.4 is 17.0 Å². The van der Waals surface area contributed by atoms with Crippen molar-refractivity contribution < 1.29 is 13.6 Å². The van der Waals surface area contributed by atoms with E-state index in [0.717, 1.165) is 22.4 Å². The Morgan fingerprint density at radius 2 is 2.04 bits per heavy atom. The number of halogens is 2. The molecular weight excluding hydrogens is 340 g/mol. The molecule has 2 rings (SSSR count). The lowest BCUT2D eigenvalue weighted by atomic mass is 10.2. The van der Waals surface area contributed by atoms with E-state index in [2.05, 4.69) is 0 Å². The summed E-state index contributed by atoms with van der Waals surface area (Å²) in [6, 6.07) is 2.97. The summed E-state index contributed by atoms with van der Waals surface area (Å²) in [5.41, 5.74) is 3.88. The molecule has 0 fully saturated rings. The van der Waals surface area contributed by atoms with Gasteiger partial charge in [0.2, 0.25) is 0 Å². The maximum Gasteiger partial charge on any atom is 0.329 e. The summed E-state index contributed by atoms with van der Waals surface area (Å²) >= 11 is 0.813. The van der Waals surface area contributed by atoms with Crippen LogP contribution in [0.15, 0.2) is 32.7 Å². The highest BCUT2D eigenvalue weighted by molar-refractivity contribution is 8.00. The molecular formula is C15H15F2N3O3S. The number of carbonyl (C=O) groups excluding carboxylic acids is 1. The van der Waals surface area contributed by atoms with Crippen LogP contribution in [0.5, 0.6) is 0 Å². The molecule has 3 N–H and O–H groups in total. The van der Waals surface area contributed by atoms with Gasteiger partial charge in [0.25, 0.3) is 5.56 Å². The SMILES string of the molecule is CCCn1c(N)c(C(=O)CSc2ccc(F)cc2F)c(=O)[nH]c1=O. The first-order valence-electron chi connectivity index (χ1n) is 7.08. The van der Waals surface area contributed by atoms with Gasteiger partial charge in [-0.15, -0.1) is 11.8 Å². The molecule has 0 aliphatic carbocycles. The molecule has 0 radical (unpaired) electrons. The van der Waals surface area contributed by atoms with Crippen molar-refractivity contribution in [1.29, 1.82) is 0 Å². The average Bonchev–Trinajstić information content (AvgIpc) is 2.50. The third-order valence-corrected chi connectivity index (χ3v) is 4.27. The van der Waals surface area contributed by atoms with Gasteiger partial charge in [-0.1, -0.05) is 6.92 Å². The number of Topliss-reactive ketones (excluding diaryl/α,β-unsaturated/α-hetero) is 1. The number of rotatable bonds is 6. The quantitative estimate of drug-likeness (QED) is 0.608. The number of thioether (sulfide) groups is 1. The molecule has 0 aliphatic rings. The van der Waals surface area contributed by atoms with Gasteiger partial charge in [0, 0.05) is 17.5 Å². The van der Waals surface area contributed by atoms with Crippen LogP contribution in [0, 0.1) is 11.6 Å². The second-order valence-electron chi connectivity index (χ2n) is 4.96. The van der Waals surface area contributed by atoms with E-state index in [1.165, 1.54) is 6.07 Å². The van der Waals surface area contributed by atoms with Crippen LogP contribution in [0.3, 0.4) is 0 Å². The topological polar surface area (TPSA) is 97.9 Å². The van der Waals surface area contributed by atoms with Crippen molar-refractivity contribution in [2.45, 2.75) is 24.8 Å². The van der Waals surface area contributed by atoms with E-state index in [-0.39, 0.29) is 28.6 Å². The number of benzene rings is 1. The van der Waals surface area contributed by atoms with Gasteiger partial charge in [0.15, 0.2) is 5.78 Å². The Balaban J connectivity index is 2.28. The number of aromatic nitrogens is 2. The Kier molecular flexibility index (Phi) is 5.55. The van der Waals surface area contributed by atoms with Crippen molar-refractivity contribution >= 4 is 23.4 Å². The highest BCUT2D eigenvalue weighted by Crippen LogP contribution is 2.23. The molecule has 1 heterocycles. The fourth-order valence-electron chi connectivity index (χ4n) is 2.11. The van der Waals surface area contributed by atoms with Crippen molar-refractivity contribution in [3.05, 3.63) is 56.2 Å². The molecule has 24 heavy (non-hydrogen) atoms. The summed E-state index contributed by atoms with van der Waals surface area (Å²) in [5.74, 6) is -2.66. The van der Waals surface area contributed by atoms with Crippen molar-refractivity contribution in [2.24, 2.45) is 0 Å². The number of hydrogen-bond donors (Lipinski definition) is 2. The van der Waals surface area contributed by atoms with Crippen LogP contribution in [0.1, 0.15) is 23.7 Å². The van der Waals surface area contributed by atoms with Crippen LogP contribution >= 0.6 is 11.8 Å². The first-order valence-corrected chi connectivity index (χ1v) is 8.07. The molecule has 6 nitrogen and oxygen atoms in total. The minimum Gasteiger partial charge on any atom is -0.384 e. The third-order valence-electron chi connectivity index (χ3n) is 3.22. The summed E-state index contributed by atoms with van der Waals surface area (Å²) < 4.78 is 27.5. The smallest absolute Gasteiger partial charge is 0.329 e. The van der Waals surface area contributed by atoms with Gasteiger partial charge >= 0.3 is 5.69 Å². The van der Waals surface area contributed by atoms with Gasteiger partial charge in [0.1, 0.15) is 23.0 Å². The number of hydrogen-bond acceptors (Lipinski definition) is 5. The van der Waals surface area contributed by atoms with E-state index in [1.54, 1.807) is 0 Å². The number of nitrogens with zero attached hydrogens (tertiary/aromatic N) is 1. The zero-order valence-electron chi connectivity index (χ0n) is 12.8. The Morgan fingerprint density at radius 1 is 1.33 bits per heavy atom. The van der Waals surface area contributed by atoms with E-state index >= 15 is 0 Å². The number of anilines is 1. The predicted octanol–water partition coefficient (Wildman–Crippen LogP) is 1.78. The maximum atomic E-state index is 13.6. The summed E-state index contributed by atoms with van der Waals surface area (Å²) in [4.78, 5) is 38.0. The van der Waals surface area contributed by atoms with Crippen LogP contribution in [-0.2, 0) is 6.54 Å². The van der Waals surface area contributed by atoms with Crippen LogP contribution in [0.4, 0.5) is 14.6 Å². The van der Waals surface area contributed by atoms with E-state index in [9.17, 15) is 23.2 Å². The fourth-order valence-corrected chi connectivity index (χ4v) is 2.90. The van der Waals surface area contributed by atoms with Crippen molar-refractivity contribution in [3.63, 3.8) is 0 Å². The molecule has 0 atom stereocenters. The highest BCUT2D eigenvalue weighted by Gasteiger charge is 2.19. The summed E-state index contributed by atoms with van der Waals surface area (Å²) in [6.07, 6.45) is 0.583. The van der Waals surface area contributed by atoms with E-state index in [0.29, 0.717) is 12.5 Å². The summed E-state index contributed by atoms with van der Waals surface area (Å²) in [7, 11) is 0. The van der Waals surface area contributed by atoms with Gasteiger partial charge in [-0.3, -0.25) is 19.1 Å². The molecule has 2 aromatic rings. The van der Waals surface area contributed by atoms with Crippen molar-refractivity contribution in [3.8, 4) is 0 Å². The van der Waals surface area contributed by atoms with Crippen LogP contribution in [0.2, 0.25) is 0 Å². The molecule has 0 saturated heterocycles. The Bertz CT molecular complexity index is 893.